The molecule has 0 unspecified atom stereocenters. The smallest absolute Gasteiger partial charge is 0.243 e. The van der Waals surface area contributed by atoms with E-state index in [2.05, 4.69) is 16.9 Å². The minimum atomic E-state index is -0.211. The number of carbonyl (C=O) groups is 1. The van der Waals surface area contributed by atoms with Crippen molar-refractivity contribution in [2.45, 2.75) is 6.42 Å². The summed E-state index contributed by atoms with van der Waals surface area (Å²) in [6.07, 6.45) is 1.86. The number of guanidine groups is 1. The summed E-state index contributed by atoms with van der Waals surface area (Å²) in [6, 6.07) is 0. The van der Waals surface area contributed by atoms with Crippen molar-refractivity contribution in [1.82, 2.24) is 10.8 Å². The van der Waals surface area contributed by atoms with Crippen molar-refractivity contribution in [3.05, 3.63) is 12.7 Å². The fraction of sp³-hybridized carbons (Fsp3) is 0.429. The van der Waals surface area contributed by atoms with Crippen LogP contribution in [0.5, 0.6) is 0 Å². The second kappa shape index (κ2) is 7.11. The van der Waals surface area contributed by atoms with Gasteiger partial charge >= 0.3 is 0 Å². The second-order valence-corrected chi connectivity index (χ2v) is 2.23. The number of hydrogen-bond donors (Lipinski definition) is 4. The molecule has 74 valence electrons. The first-order chi connectivity index (χ1) is 6.20. The van der Waals surface area contributed by atoms with E-state index in [1.807, 2.05) is 0 Å². The second-order valence-electron chi connectivity index (χ2n) is 2.23. The Morgan fingerprint density at radius 1 is 1.69 bits per heavy atom. The van der Waals surface area contributed by atoms with Crippen LogP contribution in [-0.4, -0.2) is 30.2 Å². The van der Waals surface area contributed by atoms with Crippen molar-refractivity contribution in [1.29, 1.82) is 0 Å². The number of rotatable bonds is 5. The number of nitrogens with one attached hydrogen (secondary N) is 2. The molecule has 0 aromatic carbocycles. The van der Waals surface area contributed by atoms with Gasteiger partial charge in [0, 0.05) is 13.1 Å². The molecular weight excluding hydrogens is 172 g/mol. The van der Waals surface area contributed by atoms with E-state index in [9.17, 15) is 4.79 Å². The van der Waals surface area contributed by atoms with Crippen LogP contribution in [0, 0.1) is 0 Å². The van der Waals surface area contributed by atoms with E-state index < -0.39 is 0 Å². The molecule has 0 aliphatic rings. The molecule has 0 saturated carbocycles. The molecule has 6 heteroatoms. The lowest BCUT2D eigenvalue weighted by atomic mass is 10.4. The first-order valence-electron chi connectivity index (χ1n) is 3.81. The molecule has 0 aliphatic heterocycles. The van der Waals surface area contributed by atoms with Gasteiger partial charge in [0.25, 0.3) is 0 Å². The van der Waals surface area contributed by atoms with Gasteiger partial charge in [-0.1, -0.05) is 6.58 Å². The van der Waals surface area contributed by atoms with Gasteiger partial charge in [0.05, 0.1) is 0 Å². The molecule has 5 N–H and O–H groups in total. The monoisotopic (exact) mass is 186 g/mol. The predicted octanol–water partition coefficient (Wildman–Crippen LogP) is -1.03. The van der Waals surface area contributed by atoms with Gasteiger partial charge in [0.15, 0.2) is 0 Å². The topological polar surface area (TPSA) is 99.7 Å². The molecule has 0 atom stereocenters. The van der Waals surface area contributed by atoms with Gasteiger partial charge in [-0.2, -0.15) is 0 Å². The Morgan fingerprint density at radius 3 is 2.92 bits per heavy atom. The van der Waals surface area contributed by atoms with Crippen LogP contribution >= 0.6 is 0 Å². The molecule has 0 aliphatic carbocycles. The third kappa shape index (κ3) is 6.82. The molecule has 1 amide bonds. The van der Waals surface area contributed by atoms with Gasteiger partial charge in [-0.25, -0.2) is 5.48 Å². The fourth-order valence-electron chi connectivity index (χ4n) is 0.598. The Morgan fingerprint density at radius 2 is 2.38 bits per heavy atom. The number of aliphatic imine (C=N–C) groups is 1. The van der Waals surface area contributed by atoms with Crippen LogP contribution in [0.15, 0.2) is 17.6 Å². The molecule has 0 aromatic heterocycles. The van der Waals surface area contributed by atoms with Gasteiger partial charge < -0.3 is 11.1 Å². The number of amides is 1. The van der Waals surface area contributed by atoms with Crippen molar-refractivity contribution < 1.29 is 10.0 Å². The van der Waals surface area contributed by atoms with Gasteiger partial charge in [0.2, 0.25) is 11.9 Å². The maximum absolute atomic E-state index is 10.6. The Kier molecular flexibility index (Phi) is 6.26. The van der Waals surface area contributed by atoms with Gasteiger partial charge in [-0.15, -0.1) is 0 Å². The zero-order chi connectivity index (χ0) is 10.1. The molecule has 0 fully saturated rings. The van der Waals surface area contributed by atoms with Crippen molar-refractivity contribution in [2.24, 2.45) is 10.7 Å². The maximum Gasteiger partial charge on any atom is 0.243 e. The third-order valence-electron chi connectivity index (χ3n) is 1.22. The minimum Gasteiger partial charge on any atom is -0.368 e. The summed E-state index contributed by atoms with van der Waals surface area (Å²) in [5.41, 5.74) is 6.83. The highest BCUT2D eigenvalue weighted by Crippen LogP contribution is 1.79. The predicted molar refractivity (Wildman–Crippen MR) is 49.2 cm³/mol. The quantitative estimate of drug-likeness (QED) is 0.145. The normalized spacial score (nSPS) is 10.7. The third-order valence-corrected chi connectivity index (χ3v) is 1.22. The SMILES string of the molecule is C=CC(=O)NCCCN=C(N)NO. The van der Waals surface area contributed by atoms with Crippen LogP contribution in [-0.2, 0) is 4.79 Å². The first-order valence-corrected chi connectivity index (χ1v) is 3.81. The molecule has 0 aromatic rings. The molecule has 0 bridgehead atoms. The standard InChI is InChI=1S/C7H14N4O2/c1-2-6(12)9-4-3-5-10-7(8)11-13/h2,13H,1,3-5H2,(H,9,12)(H3,8,10,11). The number of hydrogen-bond acceptors (Lipinski definition) is 3. The Labute approximate surface area is 76.5 Å². The van der Waals surface area contributed by atoms with Crippen LogP contribution in [0.3, 0.4) is 0 Å². The van der Waals surface area contributed by atoms with Crippen molar-refractivity contribution in [3.8, 4) is 0 Å². The van der Waals surface area contributed by atoms with E-state index >= 15 is 0 Å². The summed E-state index contributed by atoms with van der Waals surface area (Å²) in [5, 5.41) is 10.8. The summed E-state index contributed by atoms with van der Waals surface area (Å²) in [5.74, 6) is -0.243. The highest BCUT2D eigenvalue weighted by Gasteiger charge is 1.92. The molecule has 0 heterocycles. The number of hydroxylamine groups is 1. The van der Waals surface area contributed by atoms with Crippen LogP contribution in [0.1, 0.15) is 6.42 Å². The molecule has 13 heavy (non-hydrogen) atoms. The van der Waals surface area contributed by atoms with Crippen LogP contribution in [0.2, 0.25) is 0 Å². The highest BCUT2D eigenvalue weighted by atomic mass is 16.5. The number of carbonyl (C=O) groups excluding carboxylic acids is 1. The fourth-order valence-corrected chi connectivity index (χ4v) is 0.598. The lowest BCUT2D eigenvalue weighted by molar-refractivity contribution is -0.116. The van der Waals surface area contributed by atoms with Gasteiger partial charge in [-0.05, 0) is 12.5 Å². The van der Waals surface area contributed by atoms with E-state index in [4.69, 9.17) is 10.9 Å². The maximum atomic E-state index is 10.6. The largest absolute Gasteiger partial charge is 0.368 e. The molecule has 0 radical (unpaired) electrons. The van der Waals surface area contributed by atoms with Crippen LogP contribution in [0.4, 0.5) is 0 Å². The Balaban J connectivity index is 3.36. The molecule has 0 spiro atoms. The molecule has 6 nitrogen and oxygen atoms in total. The van der Waals surface area contributed by atoms with Crippen LogP contribution < -0.4 is 16.5 Å². The van der Waals surface area contributed by atoms with Crippen LogP contribution in [0.25, 0.3) is 0 Å². The zero-order valence-electron chi connectivity index (χ0n) is 7.29. The Hall–Kier alpha value is -1.56. The van der Waals surface area contributed by atoms with Crippen molar-refractivity contribution >= 4 is 11.9 Å². The summed E-state index contributed by atoms with van der Waals surface area (Å²) in [7, 11) is 0. The molecular formula is C7H14N4O2. The summed E-state index contributed by atoms with van der Waals surface area (Å²) in [6.45, 7) is 4.25. The first kappa shape index (κ1) is 11.4. The average molecular weight is 186 g/mol. The Bertz CT molecular complexity index is 203. The summed E-state index contributed by atoms with van der Waals surface area (Å²) < 4.78 is 0. The highest BCUT2D eigenvalue weighted by molar-refractivity contribution is 5.86. The van der Waals surface area contributed by atoms with Crippen molar-refractivity contribution in [3.63, 3.8) is 0 Å². The minimum absolute atomic E-state index is 0.0324. The lowest BCUT2D eigenvalue weighted by Gasteiger charge is -2.00. The van der Waals surface area contributed by atoms with E-state index in [-0.39, 0.29) is 11.9 Å². The average Bonchev–Trinajstić information content (AvgIpc) is 2.16. The van der Waals surface area contributed by atoms with E-state index in [1.54, 1.807) is 5.48 Å². The number of nitrogens with zero attached hydrogens (tertiary/aromatic N) is 1. The zero-order valence-corrected chi connectivity index (χ0v) is 7.29. The van der Waals surface area contributed by atoms with Crippen molar-refractivity contribution in [2.75, 3.05) is 13.1 Å². The lowest BCUT2D eigenvalue weighted by Crippen LogP contribution is -2.29. The van der Waals surface area contributed by atoms with E-state index in [0.29, 0.717) is 19.5 Å². The summed E-state index contributed by atoms with van der Waals surface area (Å²) in [4.78, 5) is 14.3. The molecule has 0 saturated heterocycles. The summed E-state index contributed by atoms with van der Waals surface area (Å²) >= 11 is 0. The van der Waals surface area contributed by atoms with Gasteiger partial charge in [-0.3, -0.25) is 15.0 Å². The van der Waals surface area contributed by atoms with E-state index in [1.165, 1.54) is 6.08 Å². The van der Waals surface area contributed by atoms with E-state index in [0.717, 1.165) is 0 Å². The number of nitrogens with two attached hydrogens (primary N) is 1. The molecule has 0 rings (SSSR count). The van der Waals surface area contributed by atoms with Gasteiger partial charge in [0.1, 0.15) is 0 Å².